The number of benzene rings is 1. The lowest BCUT2D eigenvalue weighted by Crippen LogP contribution is -2.43. The SMILES string of the molecule is CC(C)(C)c1ccc(OC(=O)C2CCC(N3C(=O)[C@H]4CCCC[C@@H]4C3=O)CC2)cc1. The third kappa shape index (κ3) is 4.03. The third-order valence-electron chi connectivity index (χ3n) is 7.21. The summed E-state index contributed by atoms with van der Waals surface area (Å²) in [5.41, 5.74) is 1.26. The van der Waals surface area contributed by atoms with Crippen LogP contribution in [0.5, 0.6) is 5.75 Å². The topological polar surface area (TPSA) is 63.7 Å². The first-order chi connectivity index (χ1) is 14.3. The first-order valence-corrected chi connectivity index (χ1v) is 11.4. The zero-order valence-corrected chi connectivity index (χ0v) is 18.4. The molecule has 2 atom stereocenters. The third-order valence-corrected chi connectivity index (χ3v) is 7.21. The fourth-order valence-electron chi connectivity index (χ4n) is 5.34. The van der Waals surface area contributed by atoms with Crippen LogP contribution in [-0.2, 0) is 19.8 Å². The molecule has 3 fully saturated rings. The lowest BCUT2D eigenvalue weighted by Gasteiger charge is -2.32. The minimum absolute atomic E-state index is 0.0367. The second-order valence-corrected chi connectivity index (χ2v) is 10.2. The molecule has 2 aliphatic carbocycles. The van der Waals surface area contributed by atoms with E-state index in [1.54, 1.807) is 4.90 Å². The highest BCUT2D eigenvalue weighted by Crippen LogP contribution is 2.41. The van der Waals surface area contributed by atoms with Gasteiger partial charge in [0.2, 0.25) is 11.8 Å². The van der Waals surface area contributed by atoms with Gasteiger partial charge in [-0.1, -0.05) is 45.7 Å². The monoisotopic (exact) mass is 411 g/mol. The van der Waals surface area contributed by atoms with E-state index in [2.05, 4.69) is 20.8 Å². The van der Waals surface area contributed by atoms with E-state index in [0.717, 1.165) is 25.7 Å². The van der Waals surface area contributed by atoms with Crippen LogP contribution in [0.1, 0.15) is 77.7 Å². The van der Waals surface area contributed by atoms with Crippen molar-refractivity contribution in [1.29, 1.82) is 0 Å². The molecule has 1 saturated heterocycles. The molecule has 3 aliphatic rings. The molecule has 5 heteroatoms. The summed E-state index contributed by atoms with van der Waals surface area (Å²) in [6.07, 6.45) is 6.50. The minimum Gasteiger partial charge on any atom is -0.426 e. The van der Waals surface area contributed by atoms with Crippen LogP contribution in [-0.4, -0.2) is 28.7 Å². The number of hydrogen-bond acceptors (Lipinski definition) is 4. The molecule has 0 aromatic heterocycles. The van der Waals surface area contributed by atoms with Gasteiger partial charge in [0.15, 0.2) is 0 Å². The van der Waals surface area contributed by atoms with E-state index in [-0.39, 0.29) is 47.0 Å². The van der Waals surface area contributed by atoms with Crippen molar-refractivity contribution < 1.29 is 19.1 Å². The van der Waals surface area contributed by atoms with Crippen molar-refractivity contribution in [2.24, 2.45) is 17.8 Å². The Hall–Kier alpha value is -2.17. The number of hydrogen-bond donors (Lipinski definition) is 0. The quantitative estimate of drug-likeness (QED) is 0.413. The summed E-state index contributed by atoms with van der Waals surface area (Å²) in [7, 11) is 0. The van der Waals surface area contributed by atoms with Crippen molar-refractivity contribution in [3.05, 3.63) is 29.8 Å². The van der Waals surface area contributed by atoms with E-state index in [0.29, 0.717) is 31.4 Å². The van der Waals surface area contributed by atoms with Crippen molar-refractivity contribution in [3.8, 4) is 5.75 Å². The van der Waals surface area contributed by atoms with E-state index in [1.807, 2.05) is 24.3 Å². The highest BCUT2D eigenvalue weighted by Gasteiger charge is 2.50. The van der Waals surface area contributed by atoms with Crippen molar-refractivity contribution in [1.82, 2.24) is 4.90 Å². The smallest absolute Gasteiger partial charge is 0.314 e. The second-order valence-electron chi connectivity index (χ2n) is 10.2. The number of amides is 2. The molecule has 0 N–H and O–H groups in total. The van der Waals surface area contributed by atoms with Gasteiger partial charge in [0.1, 0.15) is 5.75 Å². The Morgan fingerprint density at radius 3 is 1.90 bits per heavy atom. The summed E-state index contributed by atoms with van der Waals surface area (Å²) in [5.74, 6) is 0.0896. The number of imide groups is 1. The lowest BCUT2D eigenvalue weighted by molar-refractivity contribution is -0.144. The summed E-state index contributed by atoms with van der Waals surface area (Å²) in [6, 6.07) is 7.67. The van der Waals surface area contributed by atoms with Crippen LogP contribution in [0.3, 0.4) is 0 Å². The average molecular weight is 412 g/mol. The second kappa shape index (κ2) is 8.16. The molecule has 0 radical (unpaired) electrons. The molecule has 2 amide bonds. The number of carbonyl (C=O) groups is 3. The van der Waals surface area contributed by atoms with Crippen LogP contribution < -0.4 is 4.74 Å². The van der Waals surface area contributed by atoms with Gasteiger partial charge >= 0.3 is 5.97 Å². The van der Waals surface area contributed by atoms with Gasteiger partial charge in [-0.25, -0.2) is 0 Å². The van der Waals surface area contributed by atoms with Gasteiger partial charge in [0.25, 0.3) is 0 Å². The zero-order chi connectivity index (χ0) is 21.5. The number of nitrogens with zero attached hydrogens (tertiary/aromatic N) is 1. The zero-order valence-electron chi connectivity index (χ0n) is 18.4. The molecule has 1 aromatic carbocycles. The van der Waals surface area contributed by atoms with Gasteiger partial charge < -0.3 is 4.74 Å². The summed E-state index contributed by atoms with van der Waals surface area (Å²) in [6.45, 7) is 6.45. The molecule has 1 heterocycles. The van der Waals surface area contributed by atoms with Crippen LogP contribution in [0.25, 0.3) is 0 Å². The molecule has 162 valence electrons. The average Bonchev–Trinajstić information content (AvgIpc) is 2.98. The van der Waals surface area contributed by atoms with Crippen molar-refractivity contribution in [2.75, 3.05) is 0 Å². The molecule has 0 unspecified atom stereocenters. The molecule has 2 saturated carbocycles. The van der Waals surface area contributed by atoms with Crippen molar-refractivity contribution >= 4 is 17.8 Å². The predicted octanol–water partition coefficient (Wildman–Crippen LogP) is 4.62. The molecular formula is C25H33NO4. The van der Waals surface area contributed by atoms with E-state index >= 15 is 0 Å². The maximum atomic E-state index is 12.8. The largest absolute Gasteiger partial charge is 0.426 e. The molecule has 0 bridgehead atoms. The number of rotatable bonds is 3. The van der Waals surface area contributed by atoms with Crippen molar-refractivity contribution in [2.45, 2.75) is 83.6 Å². The Balaban J connectivity index is 1.32. The molecule has 0 spiro atoms. The predicted molar refractivity (Wildman–Crippen MR) is 114 cm³/mol. The van der Waals surface area contributed by atoms with Crippen LogP contribution in [0.15, 0.2) is 24.3 Å². The van der Waals surface area contributed by atoms with Gasteiger partial charge in [0, 0.05) is 6.04 Å². The highest BCUT2D eigenvalue weighted by atomic mass is 16.5. The van der Waals surface area contributed by atoms with Crippen molar-refractivity contribution in [3.63, 3.8) is 0 Å². The van der Waals surface area contributed by atoms with Crippen LogP contribution in [0.2, 0.25) is 0 Å². The van der Waals surface area contributed by atoms with Crippen LogP contribution >= 0.6 is 0 Å². The Bertz CT molecular complexity index is 791. The van der Waals surface area contributed by atoms with Gasteiger partial charge in [0.05, 0.1) is 17.8 Å². The highest BCUT2D eigenvalue weighted by molar-refractivity contribution is 6.05. The molecule has 30 heavy (non-hydrogen) atoms. The number of carbonyl (C=O) groups excluding carboxylic acids is 3. The summed E-state index contributed by atoms with van der Waals surface area (Å²) in [5, 5.41) is 0. The Labute approximate surface area is 179 Å². The minimum atomic E-state index is -0.204. The van der Waals surface area contributed by atoms with Crippen LogP contribution in [0, 0.1) is 17.8 Å². The number of esters is 1. The maximum Gasteiger partial charge on any atom is 0.314 e. The van der Waals surface area contributed by atoms with Gasteiger partial charge in [-0.2, -0.15) is 0 Å². The molecule has 1 aromatic rings. The number of likely N-dealkylation sites (tertiary alicyclic amines) is 1. The number of ether oxygens (including phenoxy) is 1. The molecular weight excluding hydrogens is 378 g/mol. The fourth-order valence-corrected chi connectivity index (χ4v) is 5.34. The lowest BCUT2D eigenvalue weighted by atomic mass is 9.81. The van der Waals surface area contributed by atoms with E-state index < -0.39 is 0 Å². The Morgan fingerprint density at radius 2 is 1.40 bits per heavy atom. The Morgan fingerprint density at radius 1 is 0.867 bits per heavy atom. The summed E-state index contributed by atoms with van der Waals surface area (Å²) in [4.78, 5) is 39.8. The molecule has 4 rings (SSSR count). The van der Waals surface area contributed by atoms with Gasteiger partial charge in [-0.3, -0.25) is 19.3 Å². The van der Waals surface area contributed by atoms with Gasteiger partial charge in [-0.05, 0) is 61.6 Å². The Kier molecular flexibility index (Phi) is 5.73. The van der Waals surface area contributed by atoms with E-state index in [9.17, 15) is 14.4 Å². The van der Waals surface area contributed by atoms with E-state index in [4.69, 9.17) is 4.74 Å². The normalized spacial score (nSPS) is 29.6. The maximum absolute atomic E-state index is 12.8. The summed E-state index contributed by atoms with van der Waals surface area (Å²) >= 11 is 0. The molecule has 5 nitrogen and oxygen atoms in total. The van der Waals surface area contributed by atoms with E-state index in [1.165, 1.54) is 5.56 Å². The van der Waals surface area contributed by atoms with Crippen LogP contribution in [0.4, 0.5) is 0 Å². The molecule has 1 aliphatic heterocycles. The first kappa shape index (κ1) is 21.1. The standard InChI is InChI=1S/C25H33NO4/c1-25(2,3)17-10-14-19(15-11-17)30-24(29)16-8-12-18(13-9-16)26-22(27)20-6-4-5-7-21(20)23(26)28/h10-11,14-16,18,20-21H,4-9,12-13H2,1-3H3/t16?,18?,20-,21-/m0/s1. The van der Waals surface area contributed by atoms with Gasteiger partial charge in [-0.15, -0.1) is 0 Å². The number of fused-ring (bicyclic) bond motifs is 1. The fraction of sp³-hybridized carbons (Fsp3) is 0.640. The first-order valence-electron chi connectivity index (χ1n) is 11.4. The summed E-state index contributed by atoms with van der Waals surface area (Å²) < 4.78 is 5.62.